The Kier molecular flexibility index (Phi) is 27.1. The highest BCUT2D eigenvalue weighted by molar-refractivity contribution is 7.89. The summed E-state index contributed by atoms with van der Waals surface area (Å²) < 4.78 is 40.9. The zero-order valence-corrected chi connectivity index (χ0v) is 57.0. The Hall–Kier alpha value is -7.67. The lowest BCUT2D eigenvalue weighted by molar-refractivity contribution is -0.142. The van der Waals surface area contributed by atoms with E-state index in [-0.39, 0.29) is 68.3 Å². The van der Waals surface area contributed by atoms with Crippen LogP contribution in [-0.2, 0) is 69.0 Å². The smallest absolute Gasteiger partial charge is 0.410 e. The van der Waals surface area contributed by atoms with Gasteiger partial charge in [-0.15, -0.1) is 0 Å². The number of rotatable bonds is 31. The van der Waals surface area contributed by atoms with Crippen LogP contribution in [0.25, 0.3) is 0 Å². The van der Waals surface area contributed by atoms with Crippen LogP contribution < -0.4 is 37.0 Å². The molecule has 2 aromatic carbocycles. The second-order valence-corrected chi connectivity index (χ2v) is 29.9. The number of carbonyl (C=O) groups excluding carboxylic acids is 10. The van der Waals surface area contributed by atoms with E-state index < -0.39 is 139 Å². The molecule has 1 aliphatic rings. The molecular formula is C65H100N10O14S. The van der Waals surface area contributed by atoms with Gasteiger partial charge in [-0.2, -0.15) is 0 Å². The van der Waals surface area contributed by atoms with E-state index in [4.69, 9.17) is 15.2 Å². The number of benzene rings is 2. The average molecular weight is 1280 g/mol. The topological polar surface area (TPSA) is 331 Å². The molecule has 25 heteroatoms. The Morgan fingerprint density at radius 3 is 1.80 bits per heavy atom. The number of nitrogens with one attached hydrogen (secondary N) is 6. The number of nitrogens with two attached hydrogens (primary N) is 1. The number of nitrogens with zero attached hydrogens (tertiary/aromatic N) is 3. The van der Waals surface area contributed by atoms with E-state index in [2.05, 4.69) is 31.3 Å². The number of hydrogen-bond donors (Lipinski definition) is 7. The Bertz CT molecular complexity index is 3050. The van der Waals surface area contributed by atoms with Crippen LogP contribution in [0, 0.1) is 28.1 Å². The molecule has 0 radical (unpaired) electrons. The van der Waals surface area contributed by atoms with Gasteiger partial charge in [0.15, 0.2) is 0 Å². The summed E-state index contributed by atoms with van der Waals surface area (Å²) in [6, 6.07) is 8.82. The lowest BCUT2D eigenvalue weighted by Crippen LogP contribution is -2.63. The highest BCUT2D eigenvalue weighted by Crippen LogP contribution is 2.33. The molecule has 1 aliphatic heterocycles. The maximum absolute atomic E-state index is 14.7. The van der Waals surface area contributed by atoms with E-state index in [1.165, 1.54) is 73.3 Å². The van der Waals surface area contributed by atoms with Crippen LogP contribution in [0.1, 0.15) is 148 Å². The zero-order valence-electron chi connectivity index (χ0n) is 56.2. The summed E-state index contributed by atoms with van der Waals surface area (Å²) in [4.78, 5) is 137. The molecule has 0 saturated heterocycles. The van der Waals surface area contributed by atoms with Gasteiger partial charge in [-0.3, -0.25) is 48.2 Å². The van der Waals surface area contributed by atoms with E-state index in [9.17, 15) is 56.4 Å². The number of primary amides is 1. The fraction of sp³-hybridized carbons (Fsp3) is 0.600. The fourth-order valence-electron chi connectivity index (χ4n) is 10.1. The first-order valence-corrected chi connectivity index (χ1v) is 31.9. The molecule has 500 valence electrons. The number of anilines is 1. The molecule has 5 unspecified atom stereocenters. The van der Waals surface area contributed by atoms with Crippen molar-refractivity contribution in [1.82, 2.24) is 40.7 Å². The summed E-state index contributed by atoms with van der Waals surface area (Å²) in [5, 5.41) is 13.7. The van der Waals surface area contributed by atoms with Crippen LogP contribution in [0.5, 0.6) is 0 Å². The highest BCUT2D eigenvalue weighted by Gasteiger charge is 2.46. The molecule has 8 N–H and O–H groups in total. The van der Waals surface area contributed by atoms with Crippen molar-refractivity contribution in [1.29, 1.82) is 0 Å². The van der Waals surface area contributed by atoms with Crippen LogP contribution in [0.15, 0.2) is 78.4 Å². The van der Waals surface area contributed by atoms with Crippen LogP contribution >= 0.6 is 0 Å². The van der Waals surface area contributed by atoms with Crippen molar-refractivity contribution >= 4 is 75.1 Å². The van der Waals surface area contributed by atoms with Crippen LogP contribution in [0.4, 0.5) is 15.3 Å². The van der Waals surface area contributed by atoms with Gasteiger partial charge in [-0.05, 0) is 86.5 Å². The third-order valence-electron chi connectivity index (χ3n) is 15.0. The van der Waals surface area contributed by atoms with Gasteiger partial charge < -0.3 is 46.7 Å². The molecule has 2 aromatic rings. The van der Waals surface area contributed by atoms with E-state index >= 15 is 0 Å². The first-order valence-electron chi connectivity index (χ1n) is 30.2. The van der Waals surface area contributed by atoms with Crippen molar-refractivity contribution in [2.24, 2.45) is 33.8 Å². The summed E-state index contributed by atoms with van der Waals surface area (Å²) in [7, 11) is -1.34. The van der Waals surface area contributed by atoms with Crippen molar-refractivity contribution in [2.45, 2.75) is 184 Å². The highest BCUT2D eigenvalue weighted by atomic mass is 32.2. The molecule has 0 fully saturated rings. The first-order chi connectivity index (χ1) is 41.3. The molecule has 11 amide bonds. The minimum absolute atomic E-state index is 0.0150. The number of ether oxygens (including phenoxy) is 2. The zero-order chi connectivity index (χ0) is 68.7. The Morgan fingerprint density at radius 2 is 1.28 bits per heavy atom. The number of amides is 11. The van der Waals surface area contributed by atoms with Gasteiger partial charge in [0, 0.05) is 67.8 Å². The quantitative estimate of drug-likeness (QED) is 0.0251. The average Bonchev–Trinajstić information content (AvgIpc) is 0.985. The molecule has 1 heterocycles. The van der Waals surface area contributed by atoms with Crippen molar-refractivity contribution in [2.75, 3.05) is 45.7 Å². The number of urea groups is 1. The van der Waals surface area contributed by atoms with Crippen LogP contribution in [0.3, 0.4) is 0 Å². The predicted octanol–water partition coefficient (Wildman–Crippen LogP) is 6.20. The molecule has 24 nitrogen and oxygen atoms in total. The number of sulfonamides is 1. The van der Waals surface area contributed by atoms with Crippen molar-refractivity contribution in [3.63, 3.8) is 0 Å². The number of likely N-dealkylation sites (N-methyl/N-ethyl adjacent to an activating group) is 2. The monoisotopic (exact) mass is 1280 g/mol. The maximum Gasteiger partial charge on any atom is 0.410 e. The number of carbonyl (C=O) groups is 10. The van der Waals surface area contributed by atoms with Crippen molar-refractivity contribution < 1.29 is 65.8 Å². The van der Waals surface area contributed by atoms with E-state index in [1.54, 1.807) is 55.4 Å². The Labute approximate surface area is 532 Å². The second kappa shape index (κ2) is 31.9. The Balaban J connectivity index is 1.74. The standard InChI is InChI=1S/C65H100N10O14S/c1-40(2)47(73(18)58(83)52(61(6,7)8)71-57(82)53(74(19)60(85)89-62(9,10)11)65(16,17)44-24-21-20-22-25-44)34-42(5)54(79)72-90(86,87)36-43-27-29-45(30-28-43)68-55(80)46(26-23-33-67-59(66)84)69-56(81)51(41(3)4)70-48(76)35-63(12,13)38-88-39-64(14,15)37-75-49(77)31-32-50(75)78/h20-22,24-25,27-32,34,40-41,46-47,51-53H,23,26,33,35-39H2,1-19H3,(H,68,80)(H,69,81)(H,70,76)(H,71,82)(H,72,79)(H3,66,67,84). The van der Waals surface area contributed by atoms with Gasteiger partial charge >= 0.3 is 12.1 Å². The summed E-state index contributed by atoms with van der Waals surface area (Å²) >= 11 is 0. The summed E-state index contributed by atoms with van der Waals surface area (Å²) in [6.07, 6.45) is 3.39. The third-order valence-corrected chi connectivity index (χ3v) is 16.2. The SMILES string of the molecule is CC(=CC(C(C)C)N(C)C(=O)C(NC(=O)C(N(C)C(=O)OC(C)(C)C)C(C)(C)c1ccccc1)C(C)(C)C)C(=O)NS(=O)(=O)Cc1ccc(NC(=O)C(CCCNC(N)=O)NC(=O)C(NC(=O)CC(C)(C)COCC(C)(C)CN2C(=O)C=CC2=O)C(C)C)cc1. The van der Waals surface area contributed by atoms with Gasteiger partial charge in [0.1, 0.15) is 29.8 Å². The largest absolute Gasteiger partial charge is 0.444 e. The molecular weight excluding hydrogens is 1180 g/mol. The third kappa shape index (κ3) is 23.9. The lowest BCUT2D eigenvalue weighted by atomic mass is 9.76. The van der Waals surface area contributed by atoms with Crippen molar-refractivity contribution in [3.8, 4) is 0 Å². The first kappa shape index (κ1) is 76.6. The summed E-state index contributed by atoms with van der Waals surface area (Å²) in [5.74, 6) is -6.02. The summed E-state index contributed by atoms with van der Waals surface area (Å²) in [6.45, 7) is 30.6. The summed E-state index contributed by atoms with van der Waals surface area (Å²) in [5.41, 5.74) is 2.42. The molecule has 0 spiro atoms. The molecule has 0 saturated carbocycles. The van der Waals surface area contributed by atoms with E-state index in [1.807, 2.05) is 85.7 Å². The molecule has 3 rings (SSSR count). The van der Waals surface area contributed by atoms with Crippen molar-refractivity contribution in [3.05, 3.63) is 89.5 Å². The maximum atomic E-state index is 14.7. The lowest BCUT2D eigenvalue weighted by Gasteiger charge is -2.42. The van der Waals surface area contributed by atoms with E-state index in [0.29, 0.717) is 0 Å². The second-order valence-electron chi connectivity index (χ2n) is 28.2. The fourth-order valence-corrected chi connectivity index (χ4v) is 11.3. The minimum Gasteiger partial charge on any atom is -0.444 e. The van der Waals surface area contributed by atoms with E-state index in [0.717, 1.165) is 10.5 Å². The molecule has 0 aromatic heterocycles. The normalized spacial score (nSPS) is 15.1. The molecule has 5 atom stereocenters. The van der Waals surface area contributed by atoms with Crippen LogP contribution in [0.2, 0.25) is 0 Å². The molecule has 0 aliphatic carbocycles. The van der Waals surface area contributed by atoms with Gasteiger partial charge in [-0.25, -0.2) is 22.7 Å². The molecule has 0 bridgehead atoms. The van der Waals surface area contributed by atoms with Gasteiger partial charge in [0.2, 0.25) is 39.6 Å². The van der Waals surface area contributed by atoms with Gasteiger partial charge in [-0.1, -0.05) is 139 Å². The number of hydrogen-bond acceptors (Lipinski definition) is 14. The van der Waals surface area contributed by atoms with Gasteiger partial charge in [0.05, 0.1) is 25.0 Å². The minimum atomic E-state index is -4.35. The van der Waals surface area contributed by atoms with Gasteiger partial charge in [0.25, 0.3) is 17.7 Å². The number of imide groups is 1. The molecule has 90 heavy (non-hydrogen) atoms. The predicted molar refractivity (Wildman–Crippen MR) is 344 cm³/mol. The Morgan fingerprint density at radius 1 is 0.711 bits per heavy atom. The van der Waals surface area contributed by atoms with Crippen LogP contribution in [-0.4, -0.2) is 159 Å².